The van der Waals surface area contributed by atoms with Crippen LogP contribution in [0, 0.1) is 5.92 Å². The molecule has 114 valence electrons. The van der Waals surface area contributed by atoms with E-state index < -0.39 is 0 Å². The van der Waals surface area contributed by atoms with E-state index in [1.807, 2.05) is 11.3 Å². The van der Waals surface area contributed by atoms with Crippen molar-refractivity contribution in [2.75, 3.05) is 6.54 Å². The maximum absolute atomic E-state index is 4.97. The maximum atomic E-state index is 4.97. The lowest BCUT2D eigenvalue weighted by molar-refractivity contribution is 0.271. The molecule has 0 saturated heterocycles. The van der Waals surface area contributed by atoms with Gasteiger partial charge < -0.3 is 5.32 Å². The van der Waals surface area contributed by atoms with E-state index in [0.717, 1.165) is 12.5 Å². The summed E-state index contributed by atoms with van der Waals surface area (Å²) in [5, 5.41) is 7.35. The van der Waals surface area contributed by atoms with Crippen LogP contribution in [0.5, 0.6) is 0 Å². The van der Waals surface area contributed by atoms with Gasteiger partial charge in [0.25, 0.3) is 0 Å². The van der Waals surface area contributed by atoms with Crippen molar-refractivity contribution in [2.45, 2.75) is 77.7 Å². The summed E-state index contributed by atoms with van der Waals surface area (Å²) in [4.78, 5) is 4.97. The van der Waals surface area contributed by atoms with Gasteiger partial charge in [0.2, 0.25) is 0 Å². The lowest BCUT2D eigenvalue weighted by atomic mass is 9.84. The first-order valence-corrected chi connectivity index (χ1v) is 9.09. The second-order valence-corrected chi connectivity index (χ2v) is 8.04. The van der Waals surface area contributed by atoms with Gasteiger partial charge in [0, 0.05) is 10.8 Å². The summed E-state index contributed by atoms with van der Waals surface area (Å²) in [6, 6.07) is 0.483. The third kappa shape index (κ3) is 4.05. The Balaban J connectivity index is 2.14. The van der Waals surface area contributed by atoms with Crippen LogP contribution >= 0.6 is 11.3 Å². The van der Waals surface area contributed by atoms with Crippen LogP contribution in [0.25, 0.3) is 0 Å². The summed E-state index contributed by atoms with van der Waals surface area (Å²) >= 11 is 1.85. The van der Waals surface area contributed by atoms with Gasteiger partial charge in [-0.25, -0.2) is 4.98 Å². The Bertz CT molecular complexity index is 399. The first-order chi connectivity index (χ1) is 9.52. The molecule has 0 spiro atoms. The standard InChI is InChI=1S/C17H30N2S/c1-5-11-18-15(13-9-7-6-8-10-13)16-19-14(12-20-16)17(2,3)4/h12-13,15,18H,5-11H2,1-4H3. The molecule has 0 bridgehead atoms. The van der Waals surface area contributed by atoms with E-state index in [0.29, 0.717) is 6.04 Å². The molecule has 1 saturated carbocycles. The quantitative estimate of drug-likeness (QED) is 0.821. The van der Waals surface area contributed by atoms with Gasteiger partial charge in [-0.1, -0.05) is 47.0 Å². The fourth-order valence-corrected chi connectivity index (χ4v) is 4.21. The van der Waals surface area contributed by atoms with E-state index >= 15 is 0 Å². The fourth-order valence-electron chi connectivity index (χ4n) is 3.00. The SMILES string of the molecule is CCCNC(c1nc(C(C)(C)C)cs1)C1CCCCC1. The number of nitrogens with one attached hydrogen (secondary N) is 1. The zero-order valence-corrected chi connectivity index (χ0v) is 14.4. The van der Waals surface area contributed by atoms with E-state index in [4.69, 9.17) is 4.98 Å². The molecule has 0 amide bonds. The van der Waals surface area contributed by atoms with E-state index in [1.165, 1.54) is 49.2 Å². The van der Waals surface area contributed by atoms with Gasteiger partial charge in [-0.05, 0) is 31.7 Å². The van der Waals surface area contributed by atoms with Gasteiger partial charge in [-0.3, -0.25) is 0 Å². The van der Waals surface area contributed by atoms with E-state index in [1.54, 1.807) is 0 Å². The van der Waals surface area contributed by atoms with Crippen molar-refractivity contribution in [3.63, 3.8) is 0 Å². The normalized spacial score (nSPS) is 19.2. The summed E-state index contributed by atoms with van der Waals surface area (Å²) in [7, 11) is 0. The van der Waals surface area contributed by atoms with Crippen molar-refractivity contribution in [1.82, 2.24) is 10.3 Å². The molecule has 1 aliphatic carbocycles. The number of rotatable bonds is 5. The Morgan fingerprint density at radius 3 is 2.55 bits per heavy atom. The van der Waals surface area contributed by atoms with Crippen LogP contribution < -0.4 is 5.32 Å². The highest BCUT2D eigenvalue weighted by Crippen LogP contribution is 2.36. The van der Waals surface area contributed by atoms with Crippen molar-refractivity contribution < 1.29 is 0 Å². The molecule has 1 aromatic rings. The van der Waals surface area contributed by atoms with Gasteiger partial charge in [0.1, 0.15) is 5.01 Å². The highest BCUT2D eigenvalue weighted by atomic mass is 32.1. The average Bonchev–Trinajstić information content (AvgIpc) is 2.90. The molecule has 20 heavy (non-hydrogen) atoms. The van der Waals surface area contributed by atoms with Crippen molar-refractivity contribution >= 4 is 11.3 Å². The van der Waals surface area contributed by atoms with Gasteiger partial charge in [-0.15, -0.1) is 11.3 Å². The predicted molar refractivity (Wildman–Crippen MR) is 88.4 cm³/mol. The molecule has 1 aliphatic rings. The Kier molecular flexibility index (Phi) is 5.62. The molecule has 1 heterocycles. The Hall–Kier alpha value is -0.410. The Morgan fingerprint density at radius 1 is 1.30 bits per heavy atom. The first kappa shape index (κ1) is 16.0. The lowest BCUT2D eigenvalue weighted by Crippen LogP contribution is -2.30. The van der Waals surface area contributed by atoms with Crippen molar-refractivity contribution in [3.05, 3.63) is 16.1 Å². The lowest BCUT2D eigenvalue weighted by Gasteiger charge is -2.30. The number of thiazole rings is 1. The maximum Gasteiger partial charge on any atom is 0.110 e. The van der Waals surface area contributed by atoms with Gasteiger partial charge >= 0.3 is 0 Å². The zero-order valence-electron chi connectivity index (χ0n) is 13.5. The minimum Gasteiger partial charge on any atom is -0.308 e. The van der Waals surface area contributed by atoms with Crippen molar-refractivity contribution in [3.8, 4) is 0 Å². The van der Waals surface area contributed by atoms with Crippen LogP contribution in [0.15, 0.2) is 5.38 Å². The first-order valence-electron chi connectivity index (χ1n) is 8.21. The van der Waals surface area contributed by atoms with Crippen molar-refractivity contribution in [1.29, 1.82) is 0 Å². The number of nitrogens with zero attached hydrogens (tertiary/aromatic N) is 1. The second-order valence-electron chi connectivity index (χ2n) is 7.15. The molecule has 3 heteroatoms. The topological polar surface area (TPSA) is 24.9 Å². The highest BCUT2D eigenvalue weighted by molar-refractivity contribution is 7.09. The smallest absolute Gasteiger partial charge is 0.110 e. The van der Waals surface area contributed by atoms with Crippen LogP contribution in [0.1, 0.15) is 83.0 Å². The second kappa shape index (κ2) is 7.04. The highest BCUT2D eigenvalue weighted by Gasteiger charge is 2.28. The number of hydrogen-bond acceptors (Lipinski definition) is 3. The van der Waals surface area contributed by atoms with Gasteiger partial charge in [0.15, 0.2) is 0 Å². The number of hydrogen-bond donors (Lipinski definition) is 1. The molecule has 2 rings (SSSR count). The van der Waals surface area contributed by atoms with Crippen LogP contribution in [0.4, 0.5) is 0 Å². The Labute approximate surface area is 128 Å². The molecular formula is C17H30N2S. The molecule has 0 radical (unpaired) electrons. The summed E-state index contributed by atoms with van der Waals surface area (Å²) < 4.78 is 0. The predicted octanol–water partition coefficient (Wildman–Crippen LogP) is 5.06. The van der Waals surface area contributed by atoms with Crippen LogP contribution in [-0.4, -0.2) is 11.5 Å². The van der Waals surface area contributed by atoms with Gasteiger partial charge in [0.05, 0.1) is 11.7 Å². The number of aromatic nitrogens is 1. The molecule has 1 N–H and O–H groups in total. The van der Waals surface area contributed by atoms with E-state index in [-0.39, 0.29) is 5.41 Å². The zero-order chi connectivity index (χ0) is 14.6. The van der Waals surface area contributed by atoms with E-state index in [9.17, 15) is 0 Å². The molecule has 1 fully saturated rings. The molecule has 0 aliphatic heterocycles. The van der Waals surface area contributed by atoms with Crippen LogP contribution in [-0.2, 0) is 5.41 Å². The summed E-state index contributed by atoms with van der Waals surface area (Å²) in [5.41, 5.74) is 1.41. The largest absolute Gasteiger partial charge is 0.308 e. The Morgan fingerprint density at radius 2 is 2.00 bits per heavy atom. The van der Waals surface area contributed by atoms with E-state index in [2.05, 4.69) is 38.4 Å². The molecule has 1 aromatic heterocycles. The third-order valence-corrected chi connectivity index (χ3v) is 5.22. The summed E-state index contributed by atoms with van der Waals surface area (Å²) in [6.07, 6.45) is 8.14. The molecule has 1 unspecified atom stereocenters. The molecular weight excluding hydrogens is 264 g/mol. The molecule has 1 atom stereocenters. The third-order valence-electron chi connectivity index (χ3n) is 4.29. The van der Waals surface area contributed by atoms with Gasteiger partial charge in [-0.2, -0.15) is 0 Å². The summed E-state index contributed by atoms with van der Waals surface area (Å²) in [6.45, 7) is 10.1. The van der Waals surface area contributed by atoms with Crippen molar-refractivity contribution in [2.24, 2.45) is 5.92 Å². The average molecular weight is 295 g/mol. The fraction of sp³-hybridized carbons (Fsp3) is 0.824. The summed E-state index contributed by atoms with van der Waals surface area (Å²) in [5.74, 6) is 0.786. The van der Waals surface area contributed by atoms with Crippen LogP contribution in [0.3, 0.4) is 0 Å². The molecule has 2 nitrogen and oxygen atoms in total. The monoisotopic (exact) mass is 294 g/mol. The minimum absolute atomic E-state index is 0.163. The van der Waals surface area contributed by atoms with Crippen LogP contribution in [0.2, 0.25) is 0 Å². The minimum atomic E-state index is 0.163. The molecule has 0 aromatic carbocycles.